The highest BCUT2D eigenvalue weighted by molar-refractivity contribution is 7.16. The van der Waals surface area contributed by atoms with Gasteiger partial charge in [0.05, 0.1) is 0 Å². The number of carbonyl (C=O) groups is 2. The van der Waals surface area contributed by atoms with Gasteiger partial charge in [0.2, 0.25) is 11.8 Å². The smallest absolute Gasteiger partial charge is 0.248 e. The summed E-state index contributed by atoms with van der Waals surface area (Å²) < 4.78 is 0. The molecule has 2 amide bonds. The molecule has 0 radical (unpaired) electrons. The first-order chi connectivity index (χ1) is 13.4. The van der Waals surface area contributed by atoms with E-state index >= 15 is 0 Å². The summed E-state index contributed by atoms with van der Waals surface area (Å²) in [6, 6.07) is 17.0. The van der Waals surface area contributed by atoms with Crippen LogP contribution in [-0.2, 0) is 9.59 Å². The van der Waals surface area contributed by atoms with Gasteiger partial charge >= 0.3 is 0 Å². The SMILES string of the molecule is CC(=O)Nc1ccc(NC(=O)C=Cc2ccc(-c3ccc(Cl)cc3)s2)cc1C. The van der Waals surface area contributed by atoms with Gasteiger partial charge in [-0.05, 0) is 66.6 Å². The second-order valence-electron chi connectivity index (χ2n) is 6.24. The number of amides is 2. The Morgan fingerprint density at radius 2 is 1.75 bits per heavy atom. The van der Waals surface area contributed by atoms with E-state index in [2.05, 4.69) is 10.6 Å². The van der Waals surface area contributed by atoms with Crippen molar-refractivity contribution in [2.75, 3.05) is 10.6 Å². The molecule has 28 heavy (non-hydrogen) atoms. The van der Waals surface area contributed by atoms with E-state index in [9.17, 15) is 9.59 Å². The van der Waals surface area contributed by atoms with Crippen molar-refractivity contribution in [1.82, 2.24) is 0 Å². The molecule has 0 aliphatic carbocycles. The van der Waals surface area contributed by atoms with Crippen LogP contribution in [0.5, 0.6) is 0 Å². The number of carbonyl (C=O) groups excluding carboxylic acids is 2. The van der Waals surface area contributed by atoms with Gasteiger partial charge in [0.1, 0.15) is 0 Å². The number of aryl methyl sites for hydroxylation is 1. The summed E-state index contributed by atoms with van der Waals surface area (Å²) in [4.78, 5) is 25.5. The predicted molar refractivity (Wildman–Crippen MR) is 118 cm³/mol. The number of rotatable bonds is 5. The zero-order chi connectivity index (χ0) is 20.1. The Morgan fingerprint density at radius 1 is 1.00 bits per heavy atom. The molecule has 0 aliphatic rings. The molecule has 2 N–H and O–H groups in total. The molecule has 3 aromatic rings. The molecule has 0 saturated carbocycles. The topological polar surface area (TPSA) is 58.2 Å². The molecule has 142 valence electrons. The van der Waals surface area contributed by atoms with E-state index in [-0.39, 0.29) is 11.8 Å². The molecule has 1 aromatic heterocycles. The fourth-order valence-electron chi connectivity index (χ4n) is 2.62. The molecule has 0 aliphatic heterocycles. The maximum atomic E-state index is 12.2. The molecule has 0 fully saturated rings. The number of benzene rings is 2. The van der Waals surface area contributed by atoms with Crippen LogP contribution in [0, 0.1) is 6.92 Å². The third kappa shape index (κ3) is 5.31. The Hall–Kier alpha value is -2.89. The van der Waals surface area contributed by atoms with Crippen LogP contribution in [0.3, 0.4) is 0 Å². The summed E-state index contributed by atoms with van der Waals surface area (Å²) in [5.74, 6) is -0.343. The van der Waals surface area contributed by atoms with Crippen molar-refractivity contribution in [2.24, 2.45) is 0 Å². The summed E-state index contributed by atoms with van der Waals surface area (Å²) in [6.07, 6.45) is 3.30. The molecule has 0 bridgehead atoms. The van der Waals surface area contributed by atoms with E-state index in [0.717, 1.165) is 26.6 Å². The summed E-state index contributed by atoms with van der Waals surface area (Å²) >= 11 is 7.53. The minimum atomic E-state index is -0.215. The van der Waals surface area contributed by atoms with Crippen LogP contribution in [0.2, 0.25) is 5.02 Å². The molecule has 3 rings (SSSR count). The highest BCUT2D eigenvalue weighted by atomic mass is 35.5. The van der Waals surface area contributed by atoms with Crippen molar-refractivity contribution in [3.05, 3.63) is 76.1 Å². The Bertz CT molecular complexity index is 1040. The van der Waals surface area contributed by atoms with E-state index in [0.29, 0.717) is 10.7 Å². The maximum Gasteiger partial charge on any atom is 0.248 e. The lowest BCUT2D eigenvalue weighted by Gasteiger charge is -2.09. The molecule has 1 heterocycles. The fourth-order valence-corrected chi connectivity index (χ4v) is 3.67. The third-order valence-corrected chi connectivity index (χ3v) is 5.31. The molecule has 6 heteroatoms. The molecule has 0 saturated heterocycles. The molecule has 0 atom stereocenters. The number of hydrogen-bond acceptors (Lipinski definition) is 3. The van der Waals surface area contributed by atoms with Gasteiger partial charge in [-0.15, -0.1) is 11.3 Å². The van der Waals surface area contributed by atoms with E-state index in [4.69, 9.17) is 11.6 Å². The lowest BCUT2D eigenvalue weighted by atomic mass is 10.1. The molecule has 4 nitrogen and oxygen atoms in total. The van der Waals surface area contributed by atoms with Gasteiger partial charge in [0, 0.05) is 39.2 Å². The predicted octanol–water partition coefficient (Wildman–Crippen LogP) is 5.99. The second kappa shape index (κ2) is 8.87. The van der Waals surface area contributed by atoms with Crippen molar-refractivity contribution < 1.29 is 9.59 Å². The lowest BCUT2D eigenvalue weighted by Crippen LogP contribution is -2.10. The Kier molecular flexibility index (Phi) is 6.29. The van der Waals surface area contributed by atoms with Gasteiger partial charge in [-0.3, -0.25) is 9.59 Å². The van der Waals surface area contributed by atoms with Crippen molar-refractivity contribution >= 4 is 52.2 Å². The fraction of sp³-hybridized carbons (Fsp3) is 0.0909. The van der Waals surface area contributed by atoms with Crippen LogP contribution in [0.15, 0.2) is 60.7 Å². The van der Waals surface area contributed by atoms with Gasteiger partial charge in [0.15, 0.2) is 0 Å². The van der Waals surface area contributed by atoms with Crippen LogP contribution in [0.1, 0.15) is 17.4 Å². The summed E-state index contributed by atoms with van der Waals surface area (Å²) in [6.45, 7) is 3.34. The third-order valence-electron chi connectivity index (χ3n) is 3.96. The van der Waals surface area contributed by atoms with Crippen LogP contribution in [0.4, 0.5) is 11.4 Å². The largest absolute Gasteiger partial charge is 0.326 e. The maximum absolute atomic E-state index is 12.2. The molecule has 2 aromatic carbocycles. The lowest BCUT2D eigenvalue weighted by molar-refractivity contribution is -0.114. The number of halogens is 1. The first-order valence-corrected chi connectivity index (χ1v) is 9.83. The summed E-state index contributed by atoms with van der Waals surface area (Å²) in [7, 11) is 0. The number of anilines is 2. The van der Waals surface area contributed by atoms with Gasteiger partial charge in [-0.25, -0.2) is 0 Å². The second-order valence-corrected chi connectivity index (χ2v) is 7.79. The monoisotopic (exact) mass is 410 g/mol. The normalized spacial score (nSPS) is 10.8. The molecule has 0 unspecified atom stereocenters. The van der Waals surface area contributed by atoms with Gasteiger partial charge in [-0.2, -0.15) is 0 Å². The quantitative estimate of drug-likeness (QED) is 0.508. The van der Waals surface area contributed by atoms with E-state index in [1.807, 2.05) is 49.4 Å². The Morgan fingerprint density at radius 3 is 2.43 bits per heavy atom. The minimum absolute atomic E-state index is 0.128. The summed E-state index contributed by atoms with van der Waals surface area (Å²) in [5.41, 5.74) is 3.37. The van der Waals surface area contributed by atoms with Gasteiger partial charge in [0.25, 0.3) is 0 Å². The first-order valence-electron chi connectivity index (χ1n) is 8.64. The van der Waals surface area contributed by atoms with E-state index in [1.165, 1.54) is 13.0 Å². The highest BCUT2D eigenvalue weighted by Crippen LogP contribution is 2.29. The average molecular weight is 411 g/mol. The molecule has 0 spiro atoms. The van der Waals surface area contributed by atoms with Crippen molar-refractivity contribution in [3.8, 4) is 10.4 Å². The van der Waals surface area contributed by atoms with Crippen molar-refractivity contribution in [2.45, 2.75) is 13.8 Å². The first kappa shape index (κ1) is 19.9. The standard InChI is InChI=1S/C22H19ClN2O2S/c1-14-13-18(7-10-20(14)24-15(2)26)25-22(27)12-9-19-8-11-21(28-19)16-3-5-17(23)6-4-16/h3-13H,1-2H3,(H,24,26)(H,25,27). The Balaban J connectivity index is 1.63. The van der Waals surface area contributed by atoms with Crippen LogP contribution in [0.25, 0.3) is 16.5 Å². The molecular weight excluding hydrogens is 392 g/mol. The minimum Gasteiger partial charge on any atom is -0.326 e. The van der Waals surface area contributed by atoms with Crippen LogP contribution < -0.4 is 10.6 Å². The van der Waals surface area contributed by atoms with Crippen molar-refractivity contribution in [1.29, 1.82) is 0 Å². The number of thiophene rings is 1. The van der Waals surface area contributed by atoms with E-state index < -0.39 is 0 Å². The van der Waals surface area contributed by atoms with Crippen molar-refractivity contribution in [3.63, 3.8) is 0 Å². The zero-order valence-corrected chi connectivity index (χ0v) is 17.0. The van der Waals surface area contributed by atoms with Crippen LogP contribution in [-0.4, -0.2) is 11.8 Å². The highest BCUT2D eigenvalue weighted by Gasteiger charge is 2.05. The van der Waals surface area contributed by atoms with Crippen LogP contribution >= 0.6 is 22.9 Å². The zero-order valence-electron chi connectivity index (χ0n) is 15.5. The van der Waals surface area contributed by atoms with E-state index in [1.54, 1.807) is 29.5 Å². The van der Waals surface area contributed by atoms with Gasteiger partial charge in [-0.1, -0.05) is 23.7 Å². The summed E-state index contributed by atoms with van der Waals surface area (Å²) in [5, 5.41) is 6.28. The Labute approximate surface area is 172 Å². The average Bonchev–Trinajstić information content (AvgIpc) is 3.12. The number of nitrogens with one attached hydrogen (secondary N) is 2. The number of hydrogen-bond donors (Lipinski definition) is 2. The van der Waals surface area contributed by atoms with Gasteiger partial charge < -0.3 is 10.6 Å². The molecular formula is C22H19ClN2O2S.